The van der Waals surface area contributed by atoms with Gasteiger partial charge in [0.2, 0.25) is 0 Å². The van der Waals surface area contributed by atoms with Crippen LogP contribution in [0, 0.1) is 0 Å². The van der Waals surface area contributed by atoms with Crippen molar-refractivity contribution in [1.29, 1.82) is 0 Å². The summed E-state index contributed by atoms with van der Waals surface area (Å²) in [6, 6.07) is 0. The molecule has 0 spiro atoms. The molecule has 6 heteroatoms. The lowest BCUT2D eigenvalue weighted by Crippen LogP contribution is -2.36. The van der Waals surface area contributed by atoms with Crippen LogP contribution in [-0.2, 0) is 10.1 Å². The Morgan fingerprint density at radius 3 is 2.15 bits per heavy atom. The van der Waals surface area contributed by atoms with Gasteiger partial charge in [0.15, 0.2) is 0 Å². The number of aliphatic hydroxyl groups is 1. The summed E-state index contributed by atoms with van der Waals surface area (Å²) in [7, 11) is -4.31. The van der Waals surface area contributed by atoms with E-state index < -0.39 is 22.0 Å². The van der Waals surface area contributed by atoms with Crippen LogP contribution in [0.3, 0.4) is 0 Å². The zero-order valence-electron chi connectivity index (χ0n) is 7.93. The minimum absolute atomic E-state index is 0.231. The third-order valence-corrected chi connectivity index (χ3v) is 2.55. The van der Waals surface area contributed by atoms with E-state index in [0.717, 1.165) is 13.1 Å². The van der Waals surface area contributed by atoms with Crippen LogP contribution in [0.4, 0.5) is 0 Å². The van der Waals surface area contributed by atoms with Gasteiger partial charge < -0.3 is 14.6 Å². The minimum Gasteiger partial charge on any atom is -0.748 e. The monoisotopic (exact) mass is 210 g/mol. The van der Waals surface area contributed by atoms with E-state index in [1.54, 1.807) is 0 Å². The molecule has 0 saturated carbocycles. The van der Waals surface area contributed by atoms with Gasteiger partial charge in [0.25, 0.3) is 0 Å². The highest BCUT2D eigenvalue weighted by atomic mass is 32.2. The molecule has 0 aromatic heterocycles. The summed E-state index contributed by atoms with van der Waals surface area (Å²) < 4.78 is 30.8. The fraction of sp³-hybridized carbons (Fsp3) is 1.00. The lowest BCUT2D eigenvalue weighted by Gasteiger charge is -2.22. The fourth-order valence-electron chi connectivity index (χ4n) is 1.07. The van der Waals surface area contributed by atoms with Gasteiger partial charge in [0.1, 0.15) is 0 Å². The van der Waals surface area contributed by atoms with Gasteiger partial charge in [-0.3, -0.25) is 0 Å². The maximum atomic E-state index is 10.3. The van der Waals surface area contributed by atoms with Gasteiger partial charge in [0, 0.05) is 6.54 Å². The average molecular weight is 210 g/mol. The van der Waals surface area contributed by atoms with Gasteiger partial charge in [0.05, 0.1) is 22.0 Å². The summed E-state index contributed by atoms with van der Waals surface area (Å²) in [5, 5.41) is 9.20. The van der Waals surface area contributed by atoms with Crippen LogP contribution in [0.1, 0.15) is 13.8 Å². The van der Waals surface area contributed by atoms with Crippen LogP contribution < -0.4 is 0 Å². The first-order chi connectivity index (χ1) is 5.89. The number of rotatable bonds is 6. The summed E-state index contributed by atoms with van der Waals surface area (Å²) >= 11 is 0. The third-order valence-electron chi connectivity index (χ3n) is 1.76. The average Bonchev–Trinajstić information content (AvgIpc) is 1.96. The standard InChI is InChI=1S/C7H17NO4S/c1-3-8(4-2)5-7(9)6-13(10,11)12/h7,9H,3-6H2,1-2H3,(H,10,11,12)/p-1. The predicted molar refractivity (Wildman–Crippen MR) is 48.4 cm³/mol. The van der Waals surface area contributed by atoms with Crippen molar-refractivity contribution >= 4 is 10.1 Å². The minimum atomic E-state index is -4.31. The quantitative estimate of drug-likeness (QED) is 0.582. The Hall–Kier alpha value is -0.170. The Bertz CT molecular complexity index is 223. The number of nitrogens with zero attached hydrogens (tertiary/aromatic N) is 1. The Balaban J connectivity index is 3.93. The van der Waals surface area contributed by atoms with Crippen molar-refractivity contribution in [2.45, 2.75) is 20.0 Å². The Kier molecular flexibility index (Phi) is 5.46. The normalized spacial score (nSPS) is 14.8. The highest BCUT2D eigenvalue weighted by Gasteiger charge is 2.11. The zero-order chi connectivity index (χ0) is 10.5. The molecule has 0 aliphatic heterocycles. The lowest BCUT2D eigenvalue weighted by atomic mass is 10.3. The number of hydrogen-bond donors (Lipinski definition) is 1. The van der Waals surface area contributed by atoms with Crippen molar-refractivity contribution in [1.82, 2.24) is 4.90 Å². The topological polar surface area (TPSA) is 80.7 Å². The number of hydrogen-bond acceptors (Lipinski definition) is 5. The Morgan fingerprint density at radius 1 is 1.38 bits per heavy atom. The van der Waals surface area contributed by atoms with Crippen LogP contribution >= 0.6 is 0 Å². The summed E-state index contributed by atoms with van der Waals surface area (Å²) in [5.74, 6) is -0.705. The zero-order valence-corrected chi connectivity index (χ0v) is 8.75. The molecule has 0 aromatic carbocycles. The molecule has 13 heavy (non-hydrogen) atoms. The Morgan fingerprint density at radius 2 is 1.85 bits per heavy atom. The van der Waals surface area contributed by atoms with E-state index in [-0.39, 0.29) is 6.54 Å². The van der Waals surface area contributed by atoms with Crippen LogP contribution in [0.15, 0.2) is 0 Å². The lowest BCUT2D eigenvalue weighted by molar-refractivity contribution is 0.133. The van der Waals surface area contributed by atoms with Crippen LogP contribution in [0.25, 0.3) is 0 Å². The van der Waals surface area contributed by atoms with Crippen molar-refractivity contribution in [2.24, 2.45) is 0 Å². The Labute approximate surface area is 79.1 Å². The molecule has 0 rings (SSSR count). The highest BCUT2D eigenvalue weighted by molar-refractivity contribution is 7.85. The molecule has 1 atom stereocenters. The molecule has 5 nitrogen and oxygen atoms in total. The first-order valence-electron chi connectivity index (χ1n) is 4.23. The molecule has 0 fully saturated rings. The van der Waals surface area contributed by atoms with Crippen molar-refractivity contribution < 1.29 is 18.1 Å². The van der Waals surface area contributed by atoms with E-state index in [4.69, 9.17) is 0 Å². The van der Waals surface area contributed by atoms with E-state index in [2.05, 4.69) is 0 Å². The van der Waals surface area contributed by atoms with Crippen LogP contribution in [-0.4, -0.2) is 54.5 Å². The molecule has 0 aliphatic carbocycles. The molecule has 0 aliphatic rings. The molecular formula is C7H16NO4S-. The second kappa shape index (κ2) is 5.54. The van der Waals surface area contributed by atoms with Crippen molar-refractivity contribution in [3.05, 3.63) is 0 Å². The SMILES string of the molecule is CCN(CC)CC(O)CS(=O)(=O)[O-]. The molecular weight excluding hydrogens is 194 g/mol. The van der Waals surface area contributed by atoms with Gasteiger partial charge in [-0.2, -0.15) is 0 Å². The second-order valence-electron chi connectivity index (χ2n) is 2.86. The van der Waals surface area contributed by atoms with Gasteiger partial charge in [-0.25, -0.2) is 8.42 Å². The third kappa shape index (κ3) is 6.94. The van der Waals surface area contributed by atoms with Crippen LogP contribution in [0.5, 0.6) is 0 Å². The van der Waals surface area contributed by atoms with Crippen molar-refractivity contribution in [3.63, 3.8) is 0 Å². The highest BCUT2D eigenvalue weighted by Crippen LogP contribution is 1.95. The molecule has 0 aromatic rings. The van der Waals surface area contributed by atoms with Crippen molar-refractivity contribution in [2.75, 3.05) is 25.4 Å². The van der Waals surface area contributed by atoms with E-state index in [1.807, 2.05) is 18.7 Å². The van der Waals surface area contributed by atoms with Crippen LogP contribution in [0.2, 0.25) is 0 Å². The molecule has 0 amide bonds. The number of aliphatic hydroxyl groups excluding tert-OH is 1. The summed E-state index contributed by atoms with van der Waals surface area (Å²) in [4.78, 5) is 1.86. The maximum absolute atomic E-state index is 10.3. The molecule has 80 valence electrons. The van der Waals surface area contributed by atoms with Gasteiger partial charge in [-0.15, -0.1) is 0 Å². The molecule has 0 saturated heterocycles. The smallest absolute Gasteiger partial charge is 0.0972 e. The fourth-order valence-corrected chi connectivity index (χ4v) is 1.64. The molecule has 0 bridgehead atoms. The molecule has 1 N–H and O–H groups in total. The van der Waals surface area contributed by atoms with E-state index in [9.17, 15) is 18.1 Å². The predicted octanol–water partition coefficient (Wildman–Crippen LogP) is -0.766. The van der Waals surface area contributed by atoms with E-state index in [1.165, 1.54) is 0 Å². The summed E-state index contributed by atoms with van der Waals surface area (Å²) in [5.41, 5.74) is 0. The van der Waals surface area contributed by atoms with E-state index in [0.29, 0.717) is 0 Å². The number of likely N-dealkylation sites (N-methyl/N-ethyl adjacent to an activating group) is 1. The molecule has 0 heterocycles. The first kappa shape index (κ1) is 12.8. The second-order valence-corrected chi connectivity index (χ2v) is 4.31. The summed E-state index contributed by atoms with van der Waals surface area (Å²) in [6.07, 6.45) is -1.08. The largest absolute Gasteiger partial charge is 0.748 e. The molecule has 1 unspecified atom stereocenters. The summed E-state index contributed by atoms with van der Waals surface area (Å²) in [6.45, 7) is 5.50. The first-order valence-corrected chi connectivity index (χ1v) is 5.80. The molecule has 0 radical (unpaired) electrons. The van der Waals surface area contributed by atoms with E-state index >= 15 is 0 Å². The van der Waals surface area contributed by atoms with Gasteiger partial charge >= 0.3 is 0 Å². The van der Waals surface area contributed by atoms with Gasteiger partial charge in [-0.05, 0) is 13.1 Å². The van der Waals surface area contributed by atoms with Crippen molar-refractivity contribution in [3.8, 4) is 0 Å². The van der Waals surface area contributed by atoms with Gasteiger partial charge in [-0.1, -0.05) is 13.8 Å². The maximum Gasteiger partial charge on any atom is 0.0972 e.